The molecule has 2 aromatic heterocycles. The van der Waals surface area contributed by atoms with Gasteiger partial charge in [0, 0.05) is 45.3 Å². The molecule has 2 fully saturated rings. The van der Waals surface area contributed by atoms with Gasteiger partial charge in [-0.05, 0) is 26.2 Å². The Hall–Kier alpha value is -2.64. The fraction of sp³-hybridized carbons (Fsp3) is 0.579. The van der Waals surface area contributed by atoms with Gasteiger partial charge in [0.05, 0.1) is 23.9 Å². The molecule has 0 atom stereocenters. The van der Waals surface area contributed by atoms with Crippen LogP contribution >= 0.6 is 0 Å². The van der Waals surface area contributed by atoms with Crippen LogP contribution in [0.25, 0.3) is 11.0 Å². The molecule has 0 radical (unpaired) electrons. The van der Waals surface area contributed by atoms with E-state index < -0.39 is 0 Å². The fourth-order valence-corrected chi connectivity index (χ4v) is 3.73. The number of aromatic nitrogens is 3. The molecule has 2 aliphatic rings. The Morgan fingerprint density at radius 1 is 1.19 bits per heavy atom. The lowest BCUT2D eigenvalue weighted by molar-refractivity contribution is -0.132. The number of esters is 1. The van der Waals surface area contributed by atoms with Crippen LogP contribution in [0.5, 0.6) is 0 Å². The lowest BCUT2D eigenvalue weighted by Crippen LogP contribution is -2.36. The number of ether oxygens (including phenoxy) is 1. The molecule has 8 nitrogen and oxygen atoms in total. The third-order valence-electron chi connectivity index (χ3n) is 5.28. The van der Waals surface area contributed by atoms with Crippen LogP contribution in [-0.2, 0) is 16.6 Å². The van der Waals surface area contributed by atoms with Gasteiger partial charge in [-0.1, -0.05) is 0 Å². The van der Waals surface area contributed by atoms with Crippen LogP contribution in [-0.4, -0.2) is 64.3 Å². The van der Waals surface area contributed by atoms with Gasteiger partial charge in [-0.3, -0.25) is 9.48 Å². The normalized spacial score (nSPS) is 17.9. The third kappa shape index (κ3) is 3.36. The number of rotatable bonds is 4. The van der Waals surface area contributed by atoms with Gasteiger partial charge in [-0.25, -0.2) is 9.78 Å². The zero-order valence-corrected chi connectivity index (χ0v) is 15.8. The Labute approximate surface area is 158 Å². The van der Waals surface area contributed by atoms with E-state index in [1.54, 1.807) is 24.0 Å². The first-order chi connectivity index (χ1) is 13.1. The van der Waals surface area contributed by atoms with Crippen molar-refractivity contribution in [2.75, 3.05) is 37.7 Å². The van der Waals surface area contributed by atoms with Crippen molar-refractivity contribution in [3.05, 3.63) is 18.0 Å². The predicted octanol–water partition coefficient (Wildman–Crippen LogP) is 1.59. The van der Waals surface area contributed by atoms with Crippen molar-refractivity contribution in [2.24, 2.45) is 13.0 Å². The SMILES string of the molecule is CCOC(=O)c1cnc2c(cnn2C)c1N1CCCN(C(=O)C2CC2)CC1. The quantitative estimate of drug-likeness (QED) is 0.760. The molecule has 1 aliphatic carbocycles. The summed E-state index contributed by atoms with van der Waals surface area (Å²) in [5, 5.41) is 5.14. The summed E-state index contributed by atoms with van der Waals surface area (Å²) in [6, 6.07) is 0. The molecular formula is C19H25N5O3. The number of carbonyl (C=O) groups excluding carboxylic acids is 2. The van der Waals surface area contributed by atoms with Gasteiger partial charge < -0.3 is 14.5 Å². The van der Waals surface area contributed by atoms with E-state index in [2.05, 4.69) is 15.0 Å². The third-order valence-corrected chi connectivity index (χ3v) is 5.28. The molecule has 8 heteroatoms. The maximum Gasteiger partial charge on any atom is 0.341 e. The van der Waals surface area contributed by atoms with Crippen molar-refractivity contribution in [1.82, 2.24) is 19.7 Å². The molecule has 1 saturated carbocycles. The van der Waals surface area contributed by atoms with Gasteiger partial charge >= 0.3 is 5.97 Å². The van der Waals surface area contributed by atoms with E-state index in [9.17, 15) is 9.59 Å². The molecule has 0 spiro atoms. The van der Waals surface area contributed by atoms with E-state index in [0.717, 1.165) is 49.1 Å². The zero-order valence-electron chi connectivity index (χ0n) is 15.8. The molecule has 0 aromatic carbocycles. The van der Waals surface area contributed by atoms with Gasteiger partial charge in [-0.2, -0.15) is 5.10 Å². The summed E-state index contributed by atoms with van der Waals surface area (Å²) in [5.41, 5.74) is 2.00. The summed E-state index contributed by atoms with van der Waals surface area (Å²) in [7, 11) is 1.83. The number of hydrogen-bond acceptors (Lipinski definition) is 6. The van der Waals surface area contributed by atoms with Crippen molar-refractivity contribution in [3.63, 3.8) is 0 Å². The number of hydrogen-bond donors (Lipinski definition) is 0. The fourth-order valence-electron chi connectivity index (χ4n) is 3.73. The van der Waals surface area contributed by atoms with Crippen molar-refractivity contribution >= 4 is 28.6 Å². The number of nitrogens with zero attached hydrogens (tertiary/aromatic N) is 5. The Morgan fingerprint density at radius 2 is 2.00 bits per heavy atom. The van der Waals surface area contributed by atoms with E-state index in [0.29, 0.717) is 25.3 Å². The van der Waals surface area contributed by atoms with Gasteiger partial charge in [0.2, 0.25) is 5.91 Å². The van der Waals surface area contributed by atoms with Gasteiger partial charge in [0.25, 0.3) is 0 Å². The molecule has 0 bridgehead atoms. The summed E-state index contributed by atoms with van der Waals surface area (Å²) < 4.78 is 6.95. The van der Waals surface area contributed by atoms with Gasteiger partial charge in [0.15, 0.2) is 5.65 Å². The predicted molar refractivity (Wildman–Crippen MR) is 101 cm³/mol. The highest BCUT2D eigenvalue weighted by molar-refractivity contribution is 6.04. The molecule has 1 saturated heterocycles. The zero-order chi connectivity index (χ0) is 19.0. The molecule has 27 heavy (non-hydrogen) atoms. The van der Waals surface area contributed by atoms with E-state index in [1.165, 1.54) is 0 Å². The maximum absolute atomic E-state index is 12.5. The van der Waals surface area contributed by atoms with Crippen LogP contribution in [0.15, 0.2) is 12.4 Å². The van der Waals surface area contributed by atoms with Gasteiger partial charge in [-0.15, -0.1) is 0 Å². The molecule has 0 unspecified atom stereocenters. The largest absolute Gasteiger partial charge is 0.462 e. The molecular weight excluding hydrogens is 346 g/mol. The number of pyridine rings is 1. The maximum atomic E-state index is 12.5. The number of fused-ring (bicyclic) bond motifs is 1. The minimum atomic E-state index is -0.374. The van der Waals surface area contributed by atoms with E-state index in [-0.39, 0.29) is 17.8 Å². The highest BCUT2D eigenvalue weighted by Gasteiger charge is 2.34. The van der Waals surface area contributed by atoms with E-state index in [4.69, 9.17) is 4.74 Å². The van der Waals surface area contributed by atoms with Crippen molar-refractivity contribution < 1.29 is 14.3 Å². The molecule has 1 aliphatic heterocycles. The lowest BCUT2D eigenvalue weighted by Gasteiger charge is -2.26. The van der Waals surface area contributed by atoms with Crippen LogP contribution in [0.2, 0.25) is 0 Å². The Balaban J connectivity index is 1.67. The topological polar surface area (TPSA) is 80.6 Å². The summed E-state index contributed by atoms with van der Waals surface area (Å²) in [4.78, 5) is 33.5. The van der Waals surface area contributed by atoms with E-state index >= 15 is 0 Å². The minimum absolute atomic E-state index is 0.234. The van der Waals surface area contributed by atoms with Crippen LogP contribution in [0.1, 0.15) is 36.5 Å². The number of anilines is 1. The Morgan fingerprint density at radius 3 is 2.74 bits per heavy atom. The monoisotopic (exact) mass is 371 g/mol. The van der Waals surface area contributed by atoms with Crippen LogP contribution < -0.4 is 4.90 Å². The number of amides is 1. The molecule has 1 amide bonds. The summed E-state index contributed by atoms with van der Waals surface area (Å²) in [6.45, 7) is 4.99. The highest BCUT2D eigenvalue weighted by Crippen LogP contribution is 2.33. The Kier molecular flexibility index (Phi) is 4.72. The average molecular weight is 371 g/mol. The first-order valence-electron chi connectivity index (χ1n) is 9.61. The first kappa shape index (κ1) is 17.8. The van der Waals surface area contributed by atoms with Gasteiger partial charge in [0.1, 0.15) is 5.56 Å². The highest BCUT2D eigenvalue weighted by atomic mass is 16.5. The summed E-state index contributed by atoms with van der Waals surface area (Å²) in [6.07, 6.45) is 6.23. The molecule has 3 heterocycles. The number of carbonyl (C=O) groups is 2. The van der Waals surface area contributed by atoms with Crippen LogP contribution in [0, 0.1) is 5.92 Å². The van der Waals surface area contributed by atoms with Crippen LogP contribution in [0.4, 0.5) is 5.69 Å². The van der Waals surface area contributed by atoms with Crippen LogP contribution in [0.3, 0.4) is 0 Å². The minimum Gasteiger partial charge on any atom is -0.462 e. The van der Waals surface area contributed by atoms with E-state index in [1.807, 2.05) is 11.9 Å². The lowest BCUT2D eigenvalue weighted by atomic mass is 10.1. The molecule has 4 rings (SSSR count). The first-order valence-corrected chi connectivity index (χ1v) is 9.61. The average Bonchev–Trinajstić information content (AvgIpc) is 3.47. The van der Waals surface area contributed by atoms with Crippen molar-refractivity contribution in [1.29, 1.82) is 0 Å². The second-order valence-electron chi connectivity index (χ2n) is 7.19. The second kappa shape index (κ2) is 7.17. The molecule has 2 aromatic rings. The smallest absolute Gasteiger partial charge is 0.341 e. The summed E-state index contributed by atoms with van der Waals surface area (Å²) >= 11 is 0. The summed E-state index contributed by atoms with van der Waals surface area (Å²) in [5.74, 6) is 0.141. The molecule has 0 N–H and O–H groups in total. The standard InChI is InChI=1S/C19H25N5O3/c1-3-27-19(26)15-11-20-17-14(12-21-22(17)2)16(15)23-7-4-8-24(10-9-23)18(25)13-5-6-13/h11-13H,3-10H2,1-2H3. The van der Waals surface area contributed by atoms with Crippen molar-refractivity contribution in [3.8, 4) is 0 Å². The Bertz CT molecular complexity index is 874. The number of aryl methyl sites for hydroxylation is 1. The second-order valence-corrected chi connectivity index (χ2v) is 7.19. The molecule has 144 valence electrons. The van der Waals surface area contributed by atoms with Crippen molar-refractivity contribution in [2.45, 2.75) is 26.2 Å².